The van der Waals surface area contributed by atoms with Gasteiger partial charge in [0.1, 0.15) is 5.69 Å². The maximum absolute atomic E-state index is 12.4. The van der Waals surface area contributed by atoms with Gasteiger partial charge in [-0.25, -0.2) is 4.98 Å². The van der Waals surface area contributed by atoms with Gasteiger partial charge in [-0.15, -0.1) is 0 Å². The lowest BCUT2D eigenvalue weighted by Crippen LogP contribution is -2.30. The van der Waals surface area contributed by atoms with Gasteiger partial charge < -0.3 is 15.8 Å². The van der Waals surface area contributed by atoms with Crippen LogP contribution in [0.5, 0.6) is 5.88 Å². The molecule has 1 saturated carbocycles. The Morgan fingerprint density at radius 2 is 2.35 bits per heavy atom. The van der Waals surface area contributed by atoms with Crippen LogP contribution in [0.4, 0.5) is 5.69 Å². The molecular formula is C15H23N3O2. The Balaban J connectivity index is 2.07. The summed E-state index contributed by atoms with van der Waals surface area (Å²) in [6.45, 7) is 4.43. The van der Waals surface area contributed by atoms with Crippen molar-refractivity contribution < 1.29 is 9.53 Å². The van der Waals surface area contributed by atoms with E-state index < -0.39 is 0 Å². The van der Waals surface area contributed by atoms with Crippen LogP contribution in [0.15, 0.2) is 18.3 Å². The highest BCUT2D eigenvalue weighted by atomic mass is 16.5. The molecule has 1 aromatic rings. The zero-order valence-electron chi connectivity index (χ0n) is 12.1. The Morgan fingerprint density at radius 3 is 3.05 bits per heavy atom. The summed E-state index contributed by atoms with van der Waals surface area (Å²) in [6, 6.07) is 3.60. The molecule has 0 bridgehead atoms. The molecule has 3 N–H and O–H groups in total. The van der Waals surface area contributed by atoms with Gasteiger partial charge in [0, 0.05) is 12.1 Å². The van der Waals surface area contributed by atoms with Gasteiger partial charge >= 0.3 is 0 Å². The lowest BCUT2D eigenvalue weighted by molar-refractivity contribution is -0.120. The molecule has 1 aromatic heterocycles. The number of aromatic nitrogens is 1. The van der Waals surface area contributed by atoms with Crippen molar-refractivity contribution in [2.45, 2.75) is 39.2 Å². The number of nitrogens with one attached hydrogen (secondary N) is 1. The number of hydrogen-bond acceptors (Lipinski definition) is 4. The fraction of sp³-hybridized carbons (Fsp3) is 0.600. The van der Waals surface area contributed by atoms with E-state index in [9.17, 15) is 4.79 Å². The molecule has 1 aliphatic carbocycles. The lowest BCUT2D eigenvalue weighted by atomic mass is 9.95. The van der Waals surface area contributed by atoms with Crippen LogP contribution in [0.25, 0.3) is 0 Å². The molecule has 0 aromatic carbocycles. The van der Waals surface area contributed by atoms with Crippen LogP contribution >= 0.6 is 0 Å². The van der Waals surface area contributed by atoms with Gasteiger partial charge in [0.25, 0.3) is 0 Å². The molecule has 2 unspecified atom stereocenters. The van der Waals surface area contributed by atoms with Gasteiger partial charge in [-0.3, -0.25) is 4.79 Å². The minimum atomic E-state index is 0.00658. The van der Waals surface area contributed by atoms with Gasteiger partial charge in [0.15, 0.2) is 0 Å². The number of ether oxygens (including phenoxy) is 1. The normalized spacial score (nSPS) is 22.0. The first-order valence-corrected chi connectivity index (χ1v) is 7.24. The number of rotatable bonds is 5. The van der Waals surface area contributed by atoms with Crippen LogP contribution in [-0.4, -0.2) is 23.5 Å². The van der Waals surface area contributed by atoms with Crippen LogP contribution in [-0.2, 0) is 4.79 Å². The summed E-state index contributed by atoms with van der Waals surface area (Å²) >= 11 is 0. The van der Waals surface area contributed by atoms with Gasteiger partial charge in [-0.2, -0.15) is 0 Å². The summed E-state index contributed by atoms with van der Waals surface area (Å²) in [4.78, 5) is 16.5. The van der Waals surface area contributed by atoms with Crippen molar-refractivity contribution in [3.05, 3.63) is 18.3 Å². The Morgan fingerprint density at radius 1 is 1.55 bits per heavy atom. The Hall–Kier alpha value is -1.62. The van der Waals surface area contributed by atoms with Crippen LogP contribution < -0.4 is 15.8 Å². The lowest BCUT2D eigenvalue weighted by Gasteiger charge is -2.19. The number of nitrogens with zero attached hydrogens (tertiary/aromatic N) is 1. The average molecular weight is 277 g/mol. The van der Waals surface area contributed by atoms with Crippen molar-refractivity contribution in [1.82, 2.24) is 4.98 Å². The Labute approximate surface area is 119 Å². The predicted molar refractivity (Wildman–Crippen MR) is 78.5 cm³/mol. The summed E-state index contributed by atoms with van der Waals surface area (Å²) in [6.07, 6.45) is 4.70. The van der Waals surface area contributed by atoms with E-state index in [4.69, 9.17) is 10.5 Å². The molecule has 0 radical (unpaired) electrons. The fourth-order valence-electron chi connectivity index (χ4n) is 2.69. The van der Waals surface area contributed by atoms with E-state index >= 15 is 0 Å². The second-order valence-electron chi connectivity index (χ2n) is 5.55. The molecule has 1 amide bonds. The van der Waals surface area contributed by atoms with E-state index in [-0.39, 0.29) is 17.9 Å². The van der Waals surface area contributed by atoms with E-state index in [0.717, 1.165) is 19.3 Å². The van der Waals surface area contributed by atoms with Gasteiger partial charge in [0.2, 0.25) is 11.8 Å². The minimum Gasteiger partial charge on any atom is -0.473 e. The number of carbonyl (C=O) groups excluding carboxylic acids is 1. The molecule has 1 heterocycles. The third kappa shape index (κ3) is 3.48. The summed E-state index contributed by atoms with van der Waals surface area (Å²) in [5, 5.41) is 2.94. The fourth-order valence-corrected chi connectivity index (χ4v) is 2.69. The summed E-state index contributed by atoms with van der Waals surface area (Å²) in [5.41, 5.74) is 6.37. The summed E-state index contributed by atoms with van der Waals surface area (Å²) < 4.78 is 5.61. The van der Waals surface area contributed by atoms with E-state index in [1.807, 2.05) is 19.9 Å². The largest absolute Gasteiger partial charge is 0.473 e. The number of anilines is 1. The molecule has 20 heavy (non-hydrogen) atoms. The summed E-state index contributed by atoms with van der Waals surface area (Å²) in [7, 11) is 0. The molecule has 2 rings (SSSR count). The monoisotopic (exact) mass is 277 g/mol. The number of pyridine rings is 1. The maximum atomic E-state index is 12.4. The molecule has 5 heteroatoms. The second-order valence-corrected chi connectivity index (χ2v) is 5.55. The van der Waals surface area contributed by atoms with Crippen LogP contribution in [0.1, 0.15) is 33.1 Å². The molecular weight excluding hydrogens is 254 g/mol. The molecule has 2 atom stereocenters. The van der Waals surface area contributed by atoms with E-state index in [1.54, 1.807) is 12.3 Å². The van der Waals surface area contributed by atoms with Crippen molar-refractivity contribution >= 4 is 11.6 Å². The van der Waals surface area contributed by atoms with Crippen molar-refractivity contribution in [2.75, 3.05) is 11.9 Å². The highest BCUT2D eigenvalue weighted by Crippen LogP contribution is 2.32. The molecule has 0 aliphatic heterocycles. The molecule has 0 saturated heterocycles. The second kappa shape index (κ2) is 6.70. The Bertz CT molecular complexity index is 462. The first kappa shape index (κ1) is 14.8. The van der Waals surface area contributed by atoms with E-state index in [0.29, 0.717) is 24.0 Å². The Kier molecular flexibility index (Phi) is 4.95. The predicted octanol–water partition coefficient (Wildman–Crippen LogP) is 2.18. The van der Waals surface area contributed by atoms with Gasteiger partial charge in [0.05, 0.1) is 6.10 Å². The topological polar surface area (TPSA) is 77.2 Å². The van der Waals surface area contributed by atoms with Crippen molar-refractivity contribution in [2.24, 2.45) is 17.6 Å². The first-order chi connectivity index (χ1) is 9.61. The molecule has 0 spiro atoms. The average Bonchev–Trinajstić information content (AvgIpc) is 2.88. The molecule has 1 aliphatic rings. The number of hydrogen-bond donors (Lipinski definition) is 2. The van der Waals surface area contributed by atoms with Crippen LogP contribution in [0, 0.1) is 11.8 Å². The highest BCUT2D eigenvalue weighted by Gasteiger charge is 2.32. The standard InChI is InChI=1S/C15H23N3O2/c1-10(2)20-15-13(7-4-8-17-15)18-14(19)12-6-3-5-11(12)9-16/h4,7-8,10-12H,3,5-6,9,16H2,1-2H3,(H,18,19). The van der Waals surface area contributed by atoms with Crippen molar-refractivity contribution in [3.8, 4) is 5.88 Å². The van der Waals surface area contributed by atoms with E-state index in [1.165, 1.54) is 0 Å². The number of nitrogens with two attached hydrogens (primary N) is 1. The zero-order valence-corrected chi connectivity index (χ0v) is 12.1. The van der Waals surface area contributed by atoms with Crippen molar-refractivity contribution in [1.29, 1.82) is 0 Å². The SMILES string of the molecule is CC(C)Oc1ncccc1NC(=O)C1CCCC1CN. The smallest absolute Gasteiger partial charge is 0.238 e. The number of amides is 1. The van der Waals surface area contributed by atoms with Crippen molar-refractivity contribution in [3.63, 3.8) is 0 Å². The quantitative estimate of drug-likeness (QED) is 0.864. The highest BCUT2D eigenvalue weighted by molar-refractivity contribution is 5.94. The van der Waals surface area contributed by atoms with E-state index in [2.05, 4.69) is 10.3 Å². The molecule has 110 valence electrons. The maximum Gasteiger partial charge on any atom is 0.238 e. The summed E-state index contributed by atoms with van der Waals surface area (Å²) in [5.74, 6) is 0.797. The first-order valence-electron chi connectivity index (χ1n) is 7.24. The van der Waals surface area contributed by atoms with Crippen LogP contribution in [0.2, 0.25) is 0 Å². The van der Waals surface area contributed by atoms with Crippen LogP contribution in [0.3, 0.4) is 0 Å². The zero-order chi connectivity index (χ0) is 14.5. The number of carbonyl (C=O) groups is 1. The third-order valence-electron chi connectivity index (χ3n) is 3.67. The van der Waals surface area contributed by atoms with Gasteiger partial charge in [-0.1, -0.05) is 6.42 Å². The third-order valence-corrected chi connectivity index (χ3v) is 3.67. The molecule has 1 fully saturated rings. The minimum absolute atomic E-state index is 0.00658. The molecule has 5 nitrogen and oxygen atoms in total. The van der Waals surface area contributed by atoms with Gasteiger partial charge in [-0.05, 0) is 51.3 Å².